The van der Waals surface area contributed by atoms with Crippen LogP contribution in [0.15, 0.2) is 10.9 Å². The summed E-state index contributed by atoms with van der Waals surface area (Å²) in [6.45, 7) is 7.37. The zero-order valence-corrected chi connectivity index (χ0v) is 11.8. The van der Waals surface area contributed by atoms with Gasteiger partial charge in [-0.05, 0) is 18.9 Å². The molecule has 0 bridgehead atoms. The maximum Gasteiger partial charge on any atom is 0.349 e. The number of nitrogens with one attached hydrogen (secondary N) is 1. The molecular formula is C12H20N6O. The highest BCUT2D eigenvalue weighted by molar-refractivity contribution is 5.51. The number of hydrogen-bond donors (Lipinski definition) is 2. The van der Waals surface area contributed by atoms with E-state index in [9.17, 15) is 4.79 Å². The minimum absolute atomic E-state index is 0.00169. The van der Waals surface area contributed by atoms with Crippen molar-refractivity contribution in [3.63, 3.8) is 0 Å². The van der Waals surface area contributed by atoms with Gasteiger partial charge in [-0.3, -0.25) is 0 Å². The number of aromatic amines is 1. The predicted molar refractivity (Wildman–Crippen MR) is 74.5 cm³/mol. The average Bonchev–Trinajstić information content (AvgIpc) is 2.71. The Balaban J connectivity index is 2.38. The molecule has 7 heteroatoms. The van der Waals surface area contributed by atoms with Gasteiger partial charge in [0.2, 0.25) is 0 Å². The molecule has 7 nitrogen and oxygen atoms in total. The van der Waals surface area contributed by atoms with Crippen molar-refractivity contribution in [2.75, 3.05) is 25.0 Å². The van der Waals surface area contributed by atoms with Crippen LogP contribution in [0.25, 0.3) is 5.65 Å². The molecule has 2 heterocycles. The van der Waals surface area contributed by atoms with Gasteiger partial charge in [0.15, 0.2) is 5.65 Å². The lowest BCUT2D eigenvalue weighted by molar-refractivity contribution is 0.384. The summed E-state index contributed by atoms with van der Waals surface area (Å²) in [5, 5.41) is 6.39. The predicted octanol–water partition coefficient (Wildman–Crippen LogP) is 0.147. The number of fused-ring (bicyclic) bond motifs is 1. The van der Waals surface area contributed by atoms with Gasteiger partial charge in [0.1, 0.15) is 11.6 Å². The number of nitrogens with zero attached hydrogens (tertiary/aromatic N) is 4. The van der Waals surface area contributed by atoms with Gasteiger partial charge in [-0.15, -0.1) is 0 Å². The minimum atomic E-state index is -0.267. The van der Waals surface area contributed by atoms with Gasteiger partial charge in [-0.25, -0.2) is 19.3 Å². The molecule has 2 rings (SSSR count). The van der Waals surface area contributed by atoms with Gasteiger partial charge >= 0.3 is 5.69 Å². The van der Waals surface area contributed by atoms with Gasteiger partial charge in [-0.1, -0.05) is 13.8 Å². The van der Waals surface area contributed by atoms with Crippen molar-refractivity contribution in [2.45, 2.75) is 20.8 Å². The molecule has 0 atom stereocenters. The van der Waals surface area contributed by atoms with Crippen LogP contribution in [0.2, 0.25) is 0 Å². The maximum absolute atomic E-state index is 11.5. The lowest BCUT2D eigenvalue weighted by Gasteiger charge is -2.29. The summed E-state index contributed by atoms with van der Waals surface area (Å²) in [5.41, 5.74) is 6.06. The third-order valence-corrected chi connectivity index (χ3v) is 3.17. The number of aromatic nitrogens is 4. The first-order valence-corrected chi connectivity index (χ1v) is 6.20. The van der Waals surface area contributed by atoms with E-state index in [0.29, 0.717) is 18.0 Å². The molecule has 0 radical (unpaired) electrons. The van der Waals surface area contributed by atoms with Crippen LogP contribution in [0.4, 0.5) is 5.82 Å². The smallest absolute Gasteiger partial charge is 0.349 e. The van der Waals surface area contributed by atoms with E-state index in [0.717, 1.165) is 12.4 Å². The average molecular weight is 264 g/mol. The highest BCUT2D eigenvalue weighted by Crippen LogP contribution is 2.19. The number of nitrogens with two attached hydrogens (primary N) is 1. The van der Waals surface area contributed by atoms with E-state index in [1.165, 1.54) is 4.40 Å². The van der Waals surface area contributed by atoms with Crippen molar-refractivity contribution in [1.82, 2.24) is 19.6 Å². The summed E-state index contributed by atoms with van der Waals surface area (Å²) in [4.78, 5) is 18.0. The van der Waals surface area contributed by atoms with E-state index in [2.05, 4.69) is 29.0 Å². The number of rotatable bonds is 4. The Morgan fingerprint density at radius 3 is 2.84 bits per heavy atom. The summed E-state index contributed by atoms with van der Waals surface area (Å²) in [6, 6.07) is 1.79. The van der Waals surface area contributed by atoms with Crippen LogP contribution in [-0.2, 0) is 0 Å². The van der Waals surface area contributed by atoms with E-state index >= 15 is 0 Å². The molecule has 2 aromatic rings. The highest BCUT2D eigenvalue weighted by atomic mass is 16.1. The number of aryl methyl sites for hydroxylation is 1. The fraction of sp³-hybridized carbons (Fsp3) is 0.583. The van der Waals surface area contributed by atoms with Crippen LogP contribution in [0.1, 0.15) is 19.7 Å². The van der Waals surface area contributed by atoms with Gasteiger partial charge in [0, 0.05) is 19.7 Å². The largest absolute Gasteiger partial charge is 0.359 e. The Bertz CT molecular complexity index is 641. The van der Waals surface area contributed by atoms with Crippen molar-refractivity contribution in [1.29, 1.82) is 0 Å². The summed E-state index contributed by atoms with van der Waals surface area (Å²) in [6.07, 6.45) is 0. The monoisotopic (exact) mass is 264 g/mol. The Morgan fingerprint density at radius 1 is 1.53 bits per heavy atom. The fourth-order valence-corrected chi connectivity index (χ4v) is 2.07. The number of H-pyrrole nitrogens is 1. The minimum Gasteiger partial charge on any atom is -0.359 e. The molecule has 0 saturated heterocycles. The summed E-state index contributed by atoms with van der Waals surface area (Å²) >= 11 is 0. The zero-order chi connectivity index (χ0) is 14.2. The Morgan fingerprint density at radius 2 is 2.21 bits per heavy atom. The molecule has 0 aliphatic heterocycles. The van der Waals surface area contributed by atoms with Crippen molar-refractivity contribution in [3.8, 4) is 0 Å². The third kappa shape index (κ3) is 2.60. The van der Waals surface area contributed by atoms with E-state index < -0.39 is 0 Å². The molecule has 2 aromatic heterocycles. The quantitative estimate of drug-likeness (QED) is 0.820. The van der Waals surface area contributed by atoms with Gasteiger partial charge in [-0.2, -0.15) is 5.10 Å². The zero-order valence-electron chi connectivity index (χ0n) is 11.8. The van der Waals surface area contributed by atoms with Gasteiger partial charge in [0.05, 0.1) is 0 Å². The second kappa shape index (κ2) is 4.65. The molecule has 0 saturated carbocycles. The van der Waals surface area contributed by atoms with Crippen molar-refractivity contribution < 1.29 is 0 Å². The Hall–Kier alpha value is -1.89. The van der Waals surface area contributed by atoms with Crippen LogP contribution in [0.5, 0.6) is 0 Å². The van der Waals surface area contributed by atoms with E-state index in [4.69, 9.17) is 5.73 Å². The lowest BCUT2D eigenvalue weighted by atomic mass is 9.93. The molecule has 19 heavy (non-hydrogen) atoms. The SMILES string of the molecule is Cc1nc(N(C)CC(C)(C)CN)cc2n[nH]c(=O)n12. The van der Waals surface area contributed by atoms with Gasteiger partial charge < -0.3 is 10.6 Å². The van der Waals surface area contributed by atoms with E-state index in [-0.39, 0.29) is 11.1 Å². The first kappa shape index (κ1) is 13.5. The summed E-state index contributed by atoms with van der Waals surface area (Å²) in [5.74, 6) is 1.40. The van der Waals surface area contributed by atoms with Crippen LogP contribution in [0, 0.1) is 12.3 Å². The van der Waals surface area contributed by atoms with Crippen molar-refractivity contribution in [3.05, 3.63) is 22.4 Å². The maximum atomic E-state index is 11.5. The van der Waals surface area contributed by atoms with Gasteiger partial charge in [0.25, 0.3) is 0 Å². The van der Waals surface area contributed by atoms with Crippen LogP contribution in [-0.4, -0.2) is 39.7 Å². The third-order valence-electron chi connectivity index (χ3n) is 3.17. The Labute approximate surface area is 111 Å². The number of hydrogen-bond acceptors (Lipinski definition) is 5. The standard InChI is InChI=1S/C12H20N6O/c1-8-14-9(17(4)7-12(2,3)6-13)5-10-15-16-11(19)18(8)10/h5H,6-7,13H2,1-4H3,(H,16,19). The molecule has 0 amide bonds. The Kier molecular flexibility index (Phi) is 3.32. The molecule has 0 aliphatic rings. The fourth-order valence-electron chi connectivity index (χ4n) is 2.07. The normalized spacial score (nSPS) is 12.1. The van der Waals surface area contributed by atoms with Crippen LogP contribution < -0.4 is 16.3 Å². The number of anilines is 1. The lowest BCUT2D eigenvalue weighted by Crippen LogP contribution is -2.37. The van der Waals surface area contributed by atoms with E-state index in [1.807, 2.05) is 11.9 Å². The van der Waals surface area contributed by atoms with Crippen LogP contribution in [0.3, 0.4) is 0 Å². The molecule has 104 valence electrons. The molecule has 0 aliphatic carbocycles. The van der Waals surface area contributed by atoms with E-state index in [1.54, 1.807) is 13.0 Å². The molecular weight excluding hydrogens is 244 g/mol. The highest BCUT2D eigenvalue weighted by Gasteiger charge is 2.20. The molecule has 0 spiro atoms. The second-order valence-electron chi connectivity index (χ2n) is 5.61. The first-order chi connectivity index (χ1) is 8.84. The molecule has 0 aromatic carbocycles. The summed E-state index contributed by atoms with van der Waals surface area (Å²) in [7, 11) is 1.96. The topological polar surface area (TPSA) is 92.3 Å². The van der Waals surface area contributed by atoms with Crippen molar-refractivity contribution in [2.24, 2.45) is 11.1 Å². The summed E-state index contributed by atoms with van der Waals surface area (Å²) < 4.78 is 1.45. The first-order valence-electron chi connectivity index (χ1n) is 6.20. The molecule has 3 N–H and O–H groups in total. The second-order valence-corrected chi connectivity index (χ2v) is 5.61. The molecule has 0 fully saturated rings. The molecule has 0 unspecified atom stereocenters. The van der Waals surface area contributed by atoms with Crippen molar-refractivity contribution >= 4 is 11.5 Å². The van der Waals surface area contributed by atoms with Crippen LogP contribution >= 0.6 is 0 Å².